The number of aliphatic hydroxyl groups is 1. The van der Waals surface area contributed by atoms with Crippen LogP contribution in [0.25, 0.3) is 10.2 Å². The van der Waals surface area contributed by atoms with Crippen molar-refractivity contribution < 1.29 is 9.90 Å². The van der Waals surface area contributed by atoms with E-state index in [-0.39, 0.29) is 18.1 Å². The van der Waals surface area contributed by atoms with Crippen molar-refractivity contribution in [2.45, 2.75) is 25.4 Å². The molecule has 0 radical (unpaired) electrons. The van der Waals surface area contributed by atoms with Gasteiger partial charge in [-0.2, -0.15) is 0 Å². The summed E-state index contributed by atoms with van der Waals surface area (Å²) in [6.45, 7) is 0.512. The Morgan fingerprint density at radius 3 is 3.00 bits per heavy atom. The number of para-hydroxylation sites is 1. The Bertz CT molecular complexity index is 580. The Hall–Kier alpha value is -1.66. The smallest absolute Gasteiger partial charge is 0.321 e. The summed E-state index contributed by atoms with van der Waals surface area (Å²) >= 11 is 1.45. The van der Waals surface area contributed by atoms with Gasteiger partial charge in [0.25, 0.3) is 0 Å². The molecule has 2 amide bonds. The second-order valence-electron chi connectivity index (χ2n) is 5.08. The van der Waals surface area contributed by atoms with E-state index in [2.05, 4.69) is 15.6 Å². The third-order valence-electron chi connectivity index (χ3n) is 3.66. The summed E-state index contributed by atoms with van der Waals surface area (Å²) in [6, 6.07) is 7.51. The van der Waals surface area contributed by atoms with E-state index < -0.39 is 0 Å². The molecule has 2 aromatic rings. The highest BCUT2D eigenvalue weighted by atomic mass is 32.1. The van der Waals surface area contributed by atoms with E-state index in [0.717, 1.165) is 29.5 Å². The van der Waals surface area contributed by atoms with Gasteiger partial charge in [0.15, 0.2) is 5.13 Å². The van der Waals surface area contributed by atoms with Crippen molar-refractivity contribution in [3.63, 3.8) is 0 Å². The minimum absolute atomic E-state index is 0.177. The van der Waals surface area contributed by atoms with Gasteiger partial charge in [0.2, 0.25) is 0 Å². The second kappa shape index (κ2) is 5.76. The lowest BCUT2D eigenvalue weighted by atomic mass is 10.1. The predicted molar refractivity (Wildman–Crippen MR) is 80.0 cm³/mol. The molecule has 1 fully saturated rings. The third-order valence-corrected chi connectivity index (χ3v) is 4.61. The van der Waals surface area contributed by atoms with Crippen molar-refractivity contribution in [2.24, 2.45) is 5.92 Å². The summed E-state index contributed by atoms with van der Waals surface area (Å²) in [5, 5.41) is 15.8. The minimum atomic E-state index is -0.280. The van der Waals surface area contributed by atoms with Gasteiger partial charge in [-0.05, 0) is 25.0 Å². The summed E-state index contributed by atoms with van der Waals surface area (Å²) in [7, 11) is 0. The lowest BCUT2D eigenvalue weighted by Crippen LogP contribution is -2.35. The maximum atomic E-state index is 11.8. The van der Waals surface area contributed by atoms with Crippen LogP contribution >= 0.6 is 11.3 Å². The fourth-order valence-corrected chi connectivity index (χ4v) is 3.41. The molecule has 6 heteroatoms. The average molecular weight is 291 g/mol. The number of hydrogen-bond donors (Lipinski definition) is 3. The highest BCUT2D eigenvalue weighted by molar-refractivity contribution is 7.22. The van der Waals surface area contributed by atoms with Gasteiger partial charge in [-0.1, -0.05) is 29.9 Å². The normalized spacial score (nSPS) is 22.1. The number of urea groups is 1. The van der Waals surface area contributed by atoms with Gasteiger partial charge in [-0.3, -0.25) is 5.32 Å². The Labute approximate surface area is 121 Å². The highest BCUT2D eigenvalue weighted by Crippen LogP contribution is 2.26. The van der Waals surface area contributed by atoms with Crippen molar-refractivity contribution >= 4 is 32.7 Å². The standard InChI is InChI=1S/C14H17N3O2S/c18-11-6-3-4-9(11)8-15-13(19)17-14-16-10-5-1-2-7-12(10)20-14/h1-2,5,7,9,11,18H,3-4,6,8H2,(H2,15,16,17,19). The molecule has 20 heavy (non-hydrogen) atoms. The van der Waals surface area contributed by atoms with Crippen molar-refractivity contribution in [1.82, 2.24) is 10.3 Å². The first-order valence-corrected chi connectivity index (χ1v) is 7.62. The quantitative estimate of drug-likeness (QED) is 0.813. The Kier molecular flexibility index (Phi) is 3.84. The lowest BCUT2D eigenvalue weighted by Gasteiger charge is -2.14. The molecule has 106 valence electrons. The van der Waals surface area contributed by atoms with Crippen LogP contribution in [0.4, 0.5) is 9.93 Å². The van der Waals surface area contributed by atoms with E-state index in [1.54, 1.807) is 0 Å². The number of benzene rings is 1. The summed E-state index contributed by atoms with van der Waals surface area (Å²) in [6.07, 6.45) is 2.57. The van der Waals surface area contributed by atoms with Crippen molar-refractivity contribution in [2.75, 3.05) is 11.9 Å². The predicted octanol–water partition coefficient (Wildman–Crippen LogP) is 2.58. The molecule has 0 saturated heterocycles. The molecule has 3 rings (SSSR count). The topological polar surface area (TPSA) is 74.2 Å². The number of amides is 2. The van der Waals surface area contributed by atoms with Crippen LogP contribution in [0.5, 0.6) is 0 Å². The molecule has 1 aliphatic rings. The molecular weight excluding hydrogens is 274 g/mol. The first-order valence-electron chi connectivity index (χ1n) is 6.81. The largest absolute Gasteiger partial charge is 0.393 e. The molecule has 2 unspecified atom stereocenters. The Morgan fingerprint density at radius 2 is 2.25 bits per heavy atom. The van der Waals surface area contributed by atoms with Gasteiger partial charge >= 0.3 is 6.03 Å². The fourth-order valence-electron chi connectivity index (χ4n) is 2.55. The molecule has 1 saturated carbocycles. The van der Waals surface area contributed by atoms with Gasteiger partial charge in [-0.25, -0.2) is 9.78 Å². The number of carbonyl (C=O) groups is 1. The Balaban J connectivity index is 1.55. The monoisotopic (exact) mass is 291 g/mol. The fraction of sp³-hybridized carbons (Fsp3) is 0.429. The van der Waals surface area contributed by atoms with E-state index in [1.807, 2.05) is 24.3 Å². The zero-order valence-electron chi connectivity index (χ0n) is 11.0. The van der Waals surface area contributed by atoms with Crippen LogP contribution in [-0.4, -0.2) is 28.8 Å². The maximum Gasteiger partial charge on any atom is 0.321 e. The van der Waals surface area contributed by atoms with E-state index >= 15 is 0 Å². The zero-order valence-corrected chi connectivity index (χ0v) is 11.8. The van der Waals surface area contributed by atoms with E-state index in [0.29, 0.717) is 11.7 Å². The van der Waals surface area contributed by atoms with Crippen LogP contribution in [0.3, 0.4) is 0 Å². The number of rotatable bonds is 3. The van der Waals surface area contributed by atoms with Gasteiger partial charge in [0.05, 0.1) is 16.3 Å². The maximum absolute atomic E-state index is 11.8. The third kappa shape index (κ3) is 2.91. The van der Waals surface area contributed by atoms with E-state index in [4.69, 9.17) is 0 Å². The van der Waals surface area contributed by atoms with E-state index in [1.165, 1.54) is 11.3 Å². The van der Waals surface area contributed by atoms with Crippen LogP contribution in [-0.2, 0) is 0 Å². The zero-order chi connectivity index (χ0) is 13.9. The second-order valence-corrected chi connectivity index (χ2v) is 6.11. The van der Waals surface area contributed by atoms with Crippen molar-refractivity contribution in [3.05, 3.63) is 24.3 Å². The van der Waals surface area contributed by atoms with Gasteiger partial charge in [0.1, 0.15) is 0 Å². The molecule has 1 aromatic heterocycles. The van der Waals surface area contributed by atoms with Gasteiger partial charge in [0, 0.05) is 12.5 Å². The summed E-state index contributed by atoms with van der Waals surface area (Å²) in [5.41, 5.74) is 0.888. The van der Waals surface area contributed by atoms with Crippen LogP contribution < -0.4 is 10.6 Å². The van der Waals surface area contributed by atoms with Gasteiger partial charge < -0.3 is 10.4 Å². The van der Waals surface area contributed by atoms with Crippen LogP contribution in [0.1, 0.15) is 19.3 Å². The number of carbonyl (C=O) groups excluding carboxylic acids is 1. The molecule has 0 spiro atoms. The molecule has 1 heterocycles. The summed E-state index contributed by atoms with van der Waals surface area (Å²) < 4.78 is 1.05. The van der Waals surface area contributed by atoms with E-state index in [9.17, 15) is 9.90 Å². The summed E-state index contributed by atoms with van der Waals surface area (Å²) in [4.78, 5) is 16.2. The molecule has 5 nitrogen and oxygen atoms in total. The van der Waals surface area contributed by atoms with Crippen molar-refractivity contribution in [3.8, 4) is 0 Å². The molecule has 3 N–H and O–H groups in total. The number of fused-ring (bicyclic) bond motifs is 1. The SMILES string of the molecule is O=C(NCC1CCCC1O)Nc1nc2ccccc2s1. The molecular formula is C14H17N3O2S. The minimum Gasteiger partial charge on any atom is -0.393 e. The molecule has 1 aliphatic carbocycles. The van der Waals surface area contributed by atoms with Gasteiger partial charge in [-0.15, -0.1) is 0 Å². The first-order chi connectivity index (χ1) is 9.72. The number of nitrogens with one attached hydrogen (secondary N) is 2. The summed E-state index contributed by atoms with van der Waals surface area (Å²) in [5.74, 6) is 0.177. The molecule has 0 bridgehead atoms. The van der Waals surface area contributed by atoms with Crippen LogP contribution in [0.15, 0.2) is 24.3 Å². The number of nitrogens with zero attached hydrogens (tertiary/aromatic N) is 1. The van der Waals surface area contributed by atoms with Crippen LogP contribution in [0, 0.1) is 5.92 Å². The number of aromatic nitrogens is 1. The molecule has 2 atom stereocenters. The number of hydrogen-bond acceptors (Lipinski definition) is 4. The van der Waals surface area contributed by atoms with Crippen LogP contribution in [0.2, 0.25) is 0 Å². The highest BCUT2D eigenvalue weighted by Gasteiger charge is 2.25. The number of anilines is 1. The molecule has 1 aromatic carbocycles. The number of aliphatic hydroxyl groups excluding tert-OH is 1. The average Bonchev–Trinajstić information content (AvgIpc) is 3.01. The Morgan fingerprint density at radius 1 is 1.40 bits per heavy atom. The molecule has 0 aliphatic heterocycles. The van der Waals surface area contributed by atoms with Crippen molar-refractivity contribution in [1.29, 1.82) is 0 Å². The first kappa shape index (κ1) is 13.3. The number of thiazole rings is 1. The lowest BCUT2D eigenvalue weighted by molar-refractivity contribution is 0.133.